The van der Waals surface area contributed by atoms with E-state index in [4.69, 9.17) is 4.74 Å². The summed E-state index contributed by atoms with van der Waals surface area (Å²) < 4.78 is 5.05. The minimum Gasteiger partial charge on any atom is -0.451 e. The van der Waals surface area contributed by atoms with E-state index < -0.39 is 5.97 Å². The van der Waals surface area contributed by atoms with Gasteiger partial charge in [0.25, 0.3) is 5.91 Å². The van der Waals surface area contributed by atoms with E-state index in [-0.39, 0.29) is 24.2 Å². The Balaban J connectivity index is 1.53. The zero-order valence-electron chi connectivity index (χ0n) is 13.7. The predicted octanol–water partition coefficient (Wildman–Crippen LogP) is 3.19. The van der Waals surface area contributed by atoms with Crippen LogP contribution in [0.15, 0.2) is 29.6 Å². The van der Waals surface area contributed by atoms with Crippen LogP contribution >= 0.6 is 11.3 Å². The van der Waals surface area contributed by atoms with Gasteiger partial charge in [-0.05, 0) is 32.6 Å². The summed E-state index contributed by atoms with van der Waals surface area (Å²) in [6, 6.07) is 8.08. The summed E-state index contributed by atoms with van der Waals surface area (Å²) in [6.45, 7) is 3.72. The molecule has 0 radical (unpaired) electrons. The zero-order valence-corrected chi connectivity index (χ0v) is 14.6. The van der Waals surface area contributed by atoms with Crippen molar-refractivity contribution in [2.75, 3.05) is 6.61 Å². The number of amides is 1. The monoisotopic (exact) mass is 344 g/mol. The van der Waals surface area contributed by atoms with Gasteiger partial charge in [0.05, 0.1) is 0 Å². The van der Waals surface area contributed by atoms with E-state index in [9.17, 15) is 9.59 Å². The molecule has 0 spiro atoms. The molecule has 1 aliphatic rings. The van der Waals surface area contributed by atoms with Gasteiger partial charge >= 0.3 is 5.97 Å². The first-order valence-electron chi connectivity index (χ1n) is 8.02. The highest BCUT2D eigenvalue weighted by atomic mass is 32.1. The number of thiazole rings is 1. The van der Waals surface area contributed by atoms with Gasteiger partial charge in [-0.15, -0.1) is 11.3 Å². The van der Waals surface area contributed by atoms with Crippen molar-refractivity contribution in [3.05, 3.63) is 40.9 Å². The molecule has 126 valence electrons. The van der Waals surface area contributed by atoms with E-state index in [1.165, 1.54) is 16.9 Å². The second kappa shape index (κ2) is 7.13. The lowest BCUT2D eigenvalue weighted by atomic mass is 10.2. The Morgan fingerprint density at radius 1 is 1.33 bits per heavy atom. The molecule has 1 heterocycles. The lowest BCUT2D eigenvalue weighted by molar-refractivity contribution is -0.125. The van der Waals surface area contributed by atoms with Gasteiger partial charge in [-0.25, -0.2) is 9.78 Å². The number of aromatic nitrogens is 1. The molecular weight excluding hydrogens is 324 g/mol. The largest absolute Gasteiger partial charge is 0.451 e. The number of nitrogens with one attached hydrogen (secondary N) is 1. The molecular formula is C18H20N2O3S. The van der Waals surface area contributed by atoms with Crippen LogP contribution in [0.3, 0.4) is 0 Å². The Morgan fingerprint density at radius 3 is 2.71 bits per heavy atom. The summed E-state index contributed by atoms with van der Waals surface area (Å²) in [7, 11) is 0. The van der Waals surface area contributed by atoms with Crippen molar-refractivity contribution in [1.82, 2.24) is 10.3 Å². The predicted molar refractivity (Wildman–Crippen MR) is 92.9 cm³/mol. The van der Waals surface area contributed by atoms with Crippen LogP contribution < -0.4 is 5.32 Å². The van der Waals surface area contributed by atoms with Crippen LogP contribution in [0, 0.1) is 12.8 Å². The van der Waals surface area contributed by atoms with E-state index >= 15 is 0 Å². The van der Waals surface area contributed by atoms with Crippen LogP contribution in [-0.2, 0) is 9.53 Å². The van der Waals surface area contributed by atoms with Crippen LogP contribution in [0.25, 0.3) is 10.6 Å². The van der Waals surface area contributed by atoms with Crippen molar-refractivity contribution in [1.29, 1.82) is 0 Å². The molecule has 1 atom stereocenters. The molecule has 1 N–H and O–H groups in total. The quantitative estimate of drug-likeness (QED) is 0.817. The number of rotatable bonds is 6. The van der Waals surface area contributed by atoms with E-state index in [0.29, 0.717) is 5.92 Å². The Kier molecular flexibility index (Phi) is 4.94. The number of carbonyl (C=O) groups is 2. The van der Waals surface area contributed by atoms with Crippen LogP contribution in [0.2, 0.25) is 0 Å². The number of hydrogen-bond donors (Lipinski definition) is 1. The molecule has 1 fully saturated rings. The first kappa shape index (κ1) is 16.6. The fourth-order valence-electron chi connectivity index (χ4n) is 2.41. The Labute approximate surface area is 145 Å². The van der Waals surface area contributed by atoms with Crippen molar-refractivity contribution in [3.8, 4) is 10.6 Å². The van der Waals surface area contributed by atoms with Gasteiger partial charge in [0.1, 0.15) is 5.01 Å². The van der Waals surface area contributed by atoms with Gasteiger partial charge in [0.2, 0.25) is 0 Å². The number of nitrogens with zero attached hydrogens (tertiary/aromatic N) is 1. The number of hydrogen-bond acceptors (Lipinski definition) is 5. The molecule has 2 aromatic rings. The Bertz CT molecular complexity index is 735. The molecule has 3 rings (SSSR count). The number of ether oxygens (including phenoxy) is 1. The fraction of sp³-hybridized carbons (Fsp3) is 0.389. The second-order valence-electron chi connectivity index (χ2n) is 6.17. The summed E-state index contributed by atoms with van der Waals surface area (Å²) >= 11 is 1.38. The van der Waals surface area contributed by atoms with Gasteiger partial charge in [-0.3, -0.25) is 4.79 Å². The first-order chi connectivity index (χ1) is 11.5. The summed E-state index contributed by atoms with van der Waals surface area (Å²) in [5.41, 5.74) is 2.36. The summed E-state index contributed by atoms with van der Waals surface area (Å²) in [6.07, 6.45) is 2.31. The highest BCUT2D eigenvalue weighted by Gasteiger charge is 2.29. The van der Waals surface area contributed by atoms with E-state index in [0.717, 1.165) is 23.4 Å². The van der Waals surface area contributed by atoms with Gasteiger partial charge in [-0.1, -0.05) is 29.8 Å². The Hall–Kier alpha value is -2.21. The Morgan fingerprint density at radius 2 is 2.04 bits per heavy atom. The maximum absolute atomic E-state index is 12.0. The summed E-state index contributed by atoms with van der Waals surface area (Å²) in [4.78, 5) is 28.1. The summed E-state index contributed by atoms with van der Waals surface area (Å²) in [5.74, 6) is -0.268. The molecule has 0 unspecified atom stereocenters. The minimum absolute atomic E-state index is 0.142. The van der Waals surface area contributed by atoms with Crippen molar-refractivity contribution in [2.24, 2.45) is 5.92 Å². The van der Waals surface area contributed by atoms with Crippen molar-refractivity contribution >= 4 is 23.2 Å². The van der Waals surface area contributed by atoms with Gasteiger partial charge < -0.3 is 10.1 Å². The third kappa shape index (κ3) is 4.20. The molecule has 1 aliphatic carbocycles. The number of benzene rings is 1. The topological polar surface area (TPSA) is 68.3 Å². The zero-order chi connectivity index (χ0) is 17.1. The molecule has 1 aromatic heterocycles. The highest BCUT2D eigenvalue weighted by Crippen LogP contribution is 2.32. The molecule has 24 heavy (non-hydrogen) atoms. The average Bonchev–Trinajstić information content (AvgIpc) is 3.31. The highest BCUT2D eigenvalue weighted by molar-refractivity contribution is 7.13. The van der Waals surface area contributed by atoms with Crippen LogP contribution in [0.5, 0.6) is 0 Å². The lowest BCUT2D eigenvalue weighted by Gasteiger charge is -2.12. The van der Waals surface area contributed by atoms with E-state index in [1.807, 2.05) is 38.1 Å². The standard InChI is InChI=1S/C18H20N2O3S/c1-11-3-5-14(6-4-11)17-20-15(10-24-17)18(22)23-9-16(21)19-12(2)13-7-8-13/h3-6,10,12-13H,7-9H2,1-2H3,(H,19,21)/t12-/m0/s1. The van der Waals surface area contributed by atoms with Crippen LogP contribution in [0.4, 0.5) is 0 Å². The normalized spacial score (nSPS) is 14.9. The SMILES string of the molecule is Cc1ccc(-c2nc(C(=O)OCC(=O)N[C@@H](C)C3CC3)cs2)cc1. The molecule has 6 heteroatoms. The maximum Gasteiger partial charge on any atom is 0.358 e. The summed E-state index contributed by atoms with van der Waals surface area (Å²) in [5, 5.41) is 5.26. The molecule has 5 nitrogen and oxygen atoms in total. The smallest absolute Gasteiger partial charge is 0.358 e. The van der Waals surface area contributed by atoms with Crippen molar-refractivity contribution in [2.45, 2.75) is 32.7 Å². The minimum atomic E-state index is -0.571. The van der Waals surface area contributed by atoms with Gasteiger partial charge in [0, 0.05) is 17.0 Å². The molecule has 0 saturated heterocycles. The first-order valence-corrected chi connectivity index (χ1v) is 8.90. The van der Waals surface area contributed by atoms with E-state index in [2.05, 4.69) is 10.3 Å². The molecule has 1 aromatic carbocycles. The van der Waals surface area contributed by atoms with Crippen molar-refractivity contribution < 1.29 is 14.3 Å². The van der Waals surface area contributed by atoms with E-state index in [1.54, 1.807) is 5.38 Å². The van der Waals surface area contributed by atoms with Gasteiger partial charge in [-0.2, -0.15) is 0 Å². The third-order valence-electron chi connectivity index (χ3n) is 4.06. The second-order valence-corrected chi connectivity index (χ2v) is 7.03. The number of aryl methyl sites for hydroxylation is 1. The number of esters is 1. The van der Waals surface area contributed by atoms with Gasteiger partial charge in [0.15, 0.2) is 12.3 Å². The molecule has 1 saturated carbocycles. The molecule has 1 amide bonds. The fourth-order valence-corrected chi connectivity index (χ4v) is 3.21. The average molecular weight is 344 g/mol. The lowest BCUT2D eigenvalue weighted by Crippen LogP contribution is -2.37. The van der Waals surface area contributed by atoms with Crippen LogP contribution in [0.1, 0.15) is 35.8 Å². The van der Waals surface area contributed by atoms with Crippen molar-refractivity contribution in [3.63, 3.8) is 0 Å². The molecule has 0 bridgehead atoms. The van der Waals surface area contributed by atoms with Crippen LogP contribution in [-0.4, -0.2) is 29.5 Å². The maximum atomic E-state index is 12.0. The third-order valence-corrected chi connectivity index (χ3v) is 4.96. The molecule has 0 aliphatic heterocycles. The number of carbonyl (C=O) groups excluding carboxylic acids is 2.